The minimum absolute atomic E-state index is 0.572. The molecule has 0 atom stereocenters. The zero-order valence-electron chi connectivity index (χ0n) is 14.4. The Hall–Kier alpha value is 0.219. The maximum atomic E-state index is 6.12. The molecule has 0 heterocycles. The summed E-state index contributed by atoms with van der Waals surface area (Å²) in [5.74, 6) is 0. The van der Waals surface area contributed by atoms with Gasteiger partial charge in [0.2, 0.25) is 0 Å². The first-order valence-corrected chi connectivity index (χ1v) is 13.3. The van der Waals surface area contributed by atoms with Crippen molar-refractivity contribution in [2.24, 2.45) is 0 Å². The predicted octanol–water partition coefficient (Wildman–Crippen LogP) is 4.46. The molecule has 0 bridgehead atoms. The first kappa shape index (κ1) is 21.2. The van der Waals surface area contributed by atoms with E-state index in [1.807, 2.05) is 6.92 Å². The van der Waals surface area contributed by atoms with E-state index >= 15 is 0 Å². The van der Waals surface area contributed by atoms with E-state index in [1.165, 1.54) is 0 Å². The second kappa shape index (κ2) is 13.9. The van der Waals surface area contributed by atoms with Crippen molar-refractivity contribution in [1.82, 2.24) is 0 Å². The molecule has 0 aromatic heterocycles. The SMILES string of the molecule is C=[C](OCC)[Sn]([O]CCCC)([O]CCCC)[O]CCCC. The standard InChI is InChI=1S/C4H7O.3C4H9O.Sn/c1-3-5-4-2;3*1-2-3-4-5;/h1,4H2,2H3;3*2-4H2,1H3;/q;3*-1;+3. The van der Waals surface area contributed by atoms with E-state index in [1.54, 1.807) is 0 Å². The molecule has 21 heavy (non-hydrogen) atoms. The molecule has 0 fully saturated rings. The van der Waals surface area contributed by atoms with Gasteiger partial charge in [0, 0.05) is 0 Å². The van der Waals surface area contributed by atoms with Crippen LogP contribution in [0.25, 0.3) is 0 Å². The van der Waals surface area contributed by atoms with E-state index < -0.39 is 19.6 Å². The molecule has 5 heteroatoms. The van der Waals surface area contributed by atoms with E-state index in [0.29, 0.717) is 30.2 Å². The predicted molar refractivity (Wildman–Crippen MR) is 89.1 cm³/mol. The van der Waals surface area contributed by atoms with Gasteiger partial charge in [0.25, 0.3) is 0 Å². The van der Waals surface area contributed by atoms with Crippen molar-refractivity contribution < 1.29 is 14.0 Å². The molecule has 0 saturated heterocycles. The topological polar surface area (TPSA) is 36.9 Å². The van der Waals surface area contributed by atoms with Crippen LogP contribution in [0.1, 0.15) is 66.2 Å². The summed E-state index contributed by atoms with van der Waals surface area (Å²) in [5.41, 5.74) is 0. The molecule has 0 unspecified atom stereocenters. The molecule has 0 N–H and O–H groups in total. The summed E-state index contributed by atoms with van der Waals surface area (Å²) < 4.78 is 24.6. The minimum atomic E-state index is -3.82. The average molecular weight is 409 g/mol. The third kappa shape index (κ3) is 9.06. The van der Waals surface area contributed by atoms with E-state index in [9.17, 15) is 0 Å². The average Bonchev–Trinajstić information content (AvgIpc) is 2.47. The first-order chi connectivity index (χ1) is 10.2. The van der Waals surface area contributed by atoms with Gasteiger partial charge in [-0.1, -0.05) is 0 Å². The van der Waals surface area contributed by atoms with Gasteiger partial charge >= 0.3 is 137 Å². The molecule has 0 radical (unpaired) electrons. The Morgan fingerprint density at radius 1 is 0.762 bits per heavy atom. The van der Waals surface area contributed by atoms with Gasteiger partial charge < -0.3 is 0 Å². The Labute approximate surface area is 136 Å². The Bertz CT molecular complexity index is 232. The summed E-state index contributed by atoms with van der Waals surface area (Å²) in [6, 6.07) is 0. The molecule has 0 aliphatic carbocycles. The summed E-state index contributed by atoms with van der Waals surface area (Å²) in [5, 5.41) is 0. The van der Waals surface area contributed by atoms with Crippen molar-refractivity contribution >= 4 is 19.6 Å². The maximum absolute atomic E-state index is 6.12. The summed E-state index contributed by atoms with van der Waals surface area (Å²) in [4.78, 5) is 0. The number of hydrogen-bond donors (Lipinski definition) is 0. The van der Waals surface area contributed by atoms with Crippen LogP contribution in [-0.4, -0.2) is 46.0 Å². The van der Waals surface area contributed by atoms with Gasteiger partial charge in [-0.2, -0.15) is 0 Å². The number of hydrogen-bond acceptors (Lipinski definition) is 4. The summed E-state index contributed by atoms with van der Waals surface area (Å²) in [7, 11) is 0. The van der Waals surface area contributed by atoms with Gasteiger partial charge in [0.1, 0.15) is 0 Å². The normalized spacial score (nSPS) is 11.6. The van der Waals surface area contributed by atoms with Crippen LogP contribution in [0.4, 0.5) is 0 Å². The van der Waals surface area contributed by atoms with Crippen molar-refractivity contribution in [2.75, 3.05) is 26.4 Å². The van der Waals surface area contributed by atoms with E-state index in [2.05, 4.69) is 27.4 Å². The molecule has 0 rings (SSSR count). The van der Waals surface area contributed by atoms with Crippen LogP contribution in [0.2, 0.25) is 0 Å². The molecule has 0 aromatic carbocycles. The fraction of sp³-hybridized carbons (Fsp3) is 0.875. The molecular weight excluding hydrogens is 375 g/mol. The molecule has 0 aromatic rings. The third-order valence-corrected chi connectivity index (χ3v) is 10.4. The van der Waals surface area contributed by atoms with Crippen LogP contribution in [-0.2, 0) is 14.0 Å². The summed E-state index contributed by atoms with van der Waals surface area (Å²) in [6.07, 6.45) is 6.29. The van der Waals surface area contributed by atoms with E-state index in [4.69, 9.17) is 14.0 Å². The number of unbranched alkanes of at least 4 members (excludes halogenated alkanes) is 3. The van der Waals surface area contributed by atoms with Crippen molar-refractivity contribution in [2.45, 2.75) is 66.2 Å². The van der Waals surface area contributed by atoms with Crippen LogP contribution in [0.3, 0.4) is 0 Å². The summed E-state index contributed by atoms with van der Waals surface area (Å²) in [6.45, 7) is 15.0. The quantitative estimate of drug-likeness (QED) is 0.227. The monoisotopic (exact) mass is 410 g/mol. The van der Waals surface area contributed by atoms with Crippen molar-refractivity contribution in [3.05, 3.63) is 10.4 Å². The van der Waals surface area contributed by atoms with Crippen LogP contribution < -0.4 is 0 Å². The molecule has 0 amide bonds. The molecule has 0 aliphatic heterocycles. The molecule has 0 spiro atoms. The zero-order valence-corrected chi connectivity index (χ0v) is 17.3. The Kier molecular flexibility index (Phi) is 14.0. The van der Waals surface area contributed by atoms with Gasteiger partial charge in [-0.25, -0.2) is 0 Å². The Morgan fingerprint density at radius 3 is 1.43 bits per heavy atom. The van der Waals surface area contributed by atoms with Gasteiger partial charge in [-0.05, 0) is 0 Å². The van der Waals surface area contributed by atoms with Gasteiger partial charge in [0.15, 0.2) is 0 Å². The number of rotatable bonds is 15. The zero-order chi connectivity index (χ0) is 16.0. The van der Waals surface area contributed by atoms with Crippen LogP contribution >= 0.6 is 0 Å². The van der Waals surface area contributed by atoms with Crippen LogP contribution in [0.5, 0.6) is 0 Å². The van der Waals surface area contributed by atoms with Crippen molar-refractivity contribution in [3.63, 3.8) is 0 Å². The molecule has 0 saturated carbocycles. The van der Waals surface area contributed by atoms with E-state index in [-0.39, 0.29) is 0 Å². The van der Waals surface area contributed by atoms with Gasteiger partial charge in [-0.15, -0.1) is 0 Å². The third-order valence-electron chi connectivity index (χ3n) is 3.03. The molecular formula is C16H34O4Sn. The van der Waals surface area contributed by atoms with Gasteiger partial charge in [-0.3, -0.25) is 0 Å². The Morgan fingerprint density at radius 2 is 1.14 bits per heavy atom. The Balaban J connectivity index is 4.82. The number of ether oxygens (including phenoxy) is 1. The molecule has 0 aliphatic rings. The van der Waals surface area contributed by atoms with Crippen LogP contribution in [0, 0.1) is 0 Å². The molecule has 126 valence electrons. The van der Waals surface area contributed by atoms with Crippen molar-refractivity contribution in [3.8, 4) is 0 Å². The summed E-state index contributed by atoms with van der Waals surface area (Å²) >= 11 is -3.82. The second-order valence-electron chi connectivity index (χ2n) is 5.02. The second-order valence-corrected chi connectivity index (χ2v) is 12.3. The van der Waals surface area contributed by atoms with Gasteiger partial charge in [0.05, 0.1) is 0 Å². The van der Waals surface area contributed by atoms with Crippen LogP contribution in [0.15, 0.2) is 10.4 Å². The first-order valence-electron chi connectivity index (χ1n) is 8.40. The van der Waals surface area contributed by atoms with E-state index in [0.717, 1.165) is 38.5 Å². The molecule has 4 nitrogen and oxygen atoms in total. The fourth-order valence-electron chi connectivity index (χ4n) is 1.68. The fourth-order valence-corrected chi connectivity index (χ4v) is 8.23. The van der Waals surface area contributed by atoms with Crippen molar-refractivity contribution in [1.29, 1.82) is 0 Å².